The highest BCUT2D eigenvalue weighted by Gasteiger charge is 2.18. The fourth-order valence-electron chi connectivity index (χ4n) is 3.16. The van der Waals surface area contributed by atoms with Crippen molar-refractivity contribution in [2.45, 2.75) is 32.7 Å². The van der Waals surface area contributed by atoms with Crippen LogP contribution < -0.4 is 5.32 Å². The second kappa shape index (κ2) is 4.58. The van der Waals surface area contributed by atoms with Crippen molar-refractivity contribution in [3.05, 3.63) is 53.2 Å². The summed E-state index contributed by atoms with van der Waals surface area (Å²) in [5, 5.41) is 10.1. The van der Waals surface area contributed by atoms with Gasteiger partial charge in [0.1, 0.15) is 6.04 Å². The first-order valence-electron chi connectivity index (χ1n) is 7.32. The van der Waals surface area contributed by atoms with Crippen LogP contribution in [0.3, 0.4) is 0 Å². The quantitative estimate of drug-likeness (QED) is 0.792. The third-order valence-corrected chi connectivity index (χ3v) is 4.16. The Bertz CT molecular complexity index is 812. The van der Waals surface area contributed by atoms with Crippen LogP contribution in [0.1, 0.15) is 35.8 Å². The molecule has 106 valence electrons. The van der Waals surface area contributed by atoms with E-state index in [0.29, 0.717) is 11.7 Å². The van der Waals surface area contributed by atoms with E-state index in [0.717, 1.165) is 18.5 Å². The minimum Gasteiger partial charge on any atom is -0.373 e. The van der Waals surface area contributed by atoms with Gasteiger partial charge in [0, 0.05) is 11.1 Å². The molecule has 0 bridgehead atoms. The van der Waals surface area contributed by atoms with Crippen LogP contribution in [-0.2, 0) is 12.8 Å². The lowest BCUT2D eigenvalue weighted by Gasteiger charge is -2.14. The number of rotatable bonds is 3. The average molecular weight is 279 g/mol. The van der Waals surface area contributed by atoms with Crippen LogP contribution in [0.25, 0.3) is 10.8 Å². The molecular weight excluding hydrogens is 262 g/mol. The summed E-state index contributed by atoms with van der Waals surface area (Å²) in [7, 11) is 0. The normalized spacial score (nSPS) is 14.6. The van der Waals surface area contributed by atoms with E-state index < -0.39 is 0 Å². The third-order valence-electron chi connectivity index (χ3n) is 4.16. The molecule has 0 saturated carbocycles. The summed E-state index contributed by atoms with van der Waals surface area (Å²) in [4.78, 5) is 4.29. The smallest absolute Gasteiger partial charge is 0.248 e. The van der Waals surface area contributed by atoms with E-state index in [1.54, 1.807) is 0 Å². The van der Waals surface area contributed by atoms with E-state index in [9.17, 15) is 0 Å². The van der Waals surface area contributed by atoms with Gasteiger partial charge in [-0.1, -0.05) is 29.4 Å². The van der Waals surface area contributed by atoms with E-state index >= 15 is 0 Å². The molecule has 4 rings (SSSR count). The van der Waals surface area contributed by atoms with Crippen molar-refractivity contribution in [3.63, 3.8) is 0 Å². The maximum absolute atomic E-state index is 5.25. The Labute approximate surface area is 123 Å². The van der Waals surface area contributed by atoms with Gasteiger partial charge in [-0.3, -0.25) is 0 Å². The van der Waals surface area contributed by atoms with Gasteiger partial charge in [-0.2, -0.15) is 4.98 Å². The van der Waals surface area contributed by atoms with Gasteiger partial charge in [0.15, 0.2) is 5.82 Å². The van der Waals surface area contributed by atoms with Gasteiger partial charge >= 0.3 is 0 Å². The Morgan fingerprint density at radius 2 is 1.95 bits per heavy atom. The molecule has 0 aliphatic heterocycles. The number of anilines is 1. The summed E-state index contributed by atoms with van der Waals surface area (Å²) in [5.74, 6) is 1.29. The maximum Gasteiger partial charge on any atom is 0.248 e. The highest BCUT2D eigenvalue weighted by atomic mass is 16.5. The molecule has 1 atom stereocenters. The predicted molar refractivity (Wildman–Crippen MR) is 82.4 cm³/mol. The summed E-state index contributed by atoms with van der Waals surface area (Å²) in [6, 6.07) is 10.9. The number of aromatic nitrogens is 2. The summed E-state index contributed by atoms with van der Waals surface area (Å²) in [6.45, 7) is 3.87. The van der Waals surface area contributed by atoms with Gasteiger partial charge in [0.25, 0.3) is 0 Å². The Hall–Kier alpha value is -2.36. The van der Waals surface area contributed by atoms with Gasteiger partial charge in [-0.15, -0.1) is 0 Å². The standard InChI is InChI=1S/C17H17N3O/c1-10(17-19-11(2)20-21-17)18-15-9-8-13-7-6-12-4-3-5-14(15)16(12)13/h3-5,8-10,18H,6-7H2,1-2H3. The van der Waals surface area contributed by atoms with Gasteiger partial charge < -0.3 is 9.84 Å². The molecule has 4 nitrogen and oxygen atoms in total. The van der Waals surface area contributed by atoms with Gasteiger partial charge in [0.2, 0.25) is 5.89 Å². The van der Waals surface area contributed by atoms with Crippen LogP contribution >= 0.6 is 0 Å². The van der Waals surface area contributed by atoms with E-state index in [-0.39, 0.29) is 6.04 Å². The zero-order valence-electron chi connectivity index (χ0n) is 12.2. The molecule has 1 aliphatic rings. The van der Waals surface area contributed by atoms with E-state index in [2.05, 4.69) is 45.8 Å². The monoisotopic (exact) mass is 279 g/mol. The molecule has 0 spiro atoms. The maximum atomic E-state index is 5.25. The van der Waals surface area contributed by atoms with E-state index in [4.69, 9.17) is 4.52 Å². The zero-order valence-corrected chi connectivity index (χ0v) is 12.2. The zero-order chi connectivity index (χ0) is 14.4. The van der Waals surface area contributed by atoms with Gasteiger partial charge in [-0.25, -0.2) is 0 Å². The van der Waals surface area contributed by atoms with Crippen molar-refractivity contribution in [1.29, 1.82) is 0 Å². The van der Waals surface area contributed by atoms with Gasteiger partial charge in [-0.05, 0) is 49.3 Å². The Morgan fingerprint density at radius 1 is 1.14 bits per heavy atom. The molecule has 1 heterocycles. The number of hydrogen-bond acceptors (Lipinski definition) is 4. The number of hydrogen-bond donors (Lipinski definition) is 1. The first-order chi connectivity index (χ1) is 10.2. The number of benzene rings is 2. The Morgan fingerprint density at radius 3 is 2.71 bits per heavy atom. The first kappa shape index (κ1) is 12.4. The Kier molecular flexibility index (Phi) is 2.70. The largest absolute Gasteiger partial charge is 0.373 e. The van der Waals surface area contributed by atoms with E-state index in [1.165, 1.54) is 21.9 Å². The summed E-state index contributed by atoms with van der Waals surface area (Å²) < 4.78 is 5.25. The van der Waals surface area contributed by atoms with Crippen LogP contribution in [0.5, 0.6) is 0 Å². The summed E-state index contributed by atoms with van der Waals surface area (Å²) in [5.41, 5.74) is 4.03. The molecular formula is C17H17N3O. The molecule has 0 saturated heterocycles. The second-order valence-corrected chi connectivity index (χ2v) is 5.66. The third kappa shape index (κ3) is 1.98. The molecule has 1 aliphatic carbocycles. The molecule has 0 amide bonds. The molecule has 2 aromatic carbocycles. The fourth-order valence-corrected chi connectivity index (χ4v) is 3.16. The summed E-state index contributed by atoms with van der Waals surface area (Å²) >= 11 is 0. The predicted octanol–water partition coefficient (Wildman–Crippen LogP) is 3.80. The summed E-state index contributed by atoms with van der Waals surface area (Å²) in [6.07, 6.45) is 2.29. The lowest BCUT2D eigenvalue weighted by molar-refractivity contribution is 0.364. The SMILES string of the molecule is Cc1noc(C(C)Nc2ccc3c4c(cccc24)CC3)n1. The minimum absolute atomic E-state index is 0.00957. The average Bonchev–Trinajstić information content (AvgIpc) is 3.10. The highest BCUT2D eigenvalue weighted by molar-refractivity contribution is 5.99. The molecule has 4 heteroatoms. The van der Waals surface area contributed by atoms with Crippen molar-refractivity contribution in [2.24, 2.45) is 0 Å². The van der Waals surface area contributed by atoms with Crippen LogP contribution in [0.2, 0.25) is 0 Å². The Balaban J connectivity index is 1.75. The number of nitrogens with zero attached hydrogens (tertiary/aromatic N) is 2. The van der Waals surface area contributed by atoms with Crippen molar-refractivity contribution in [2.75, 3.05) is 5.32 Å². The lowest BCUT2D eigenvalue weighted by Crippen LogP contribution is -2.07. The molecule has 0 radical (unpaired) electrons. The molecule has 3 aromatic rings. The minimum atomic E-state index is -0.00957. The number of nitrogens with one attached hydrogen (secondary N) is 1. The van der Waals surface area contributed by atoms with Crippen molar-refractivity contribution < 1.29 is 4.52 Å². The molecule has 0 fully saturated rings. The molecule has 1 N–H and O–H groups in total. The van der Waals surface area contributed by atoms with Crippen molar-refractivity contribution >= 4 is 16.5 Å². The fraction of sp³-hybridized carbons (Fsp3) is 0.294. The van der Waals surface area contributed by atoms with Crippen molar-refractivity contribution in [3.8, 4) is 0 Å². The molecule has 21 heavy (non-hydrogen) atoms. The van der Waals surface area contributed by atoms with Crippen LogP contribution in [0.4, 0.5) is 5.69 Å². The number of aryl methyl sites for hydroxylation is 3. The first-order valence-corrected chi connectivity index (χ1v) is 7.32. The van der Waals surface area contributed by atoms with Gasteiger partial charge in [0.05, 0.1) is 0 Å². The topological polar surface area (TPSA) is 51.0 Å². The highest BCUT2D eigenvalue weighted by Crippen LogP contribution is 2.36. The van der Waals surface area contributed by atoms with Crippen LogP contribution in [0.15, 0.2) is 34.9 Å². The van der Waals surface area contributed by atoms with Crippen molar-refractivity contribution in [1.82, 2.24) is 10.1 Å². The van der Waals surface area contributed by atoms with Crippen LogP contribution in [-0.4, -0.2) is 10.1 Å². The second-order valence-electron chi connectivity index (χ2n) is 5.66. The molecule has 1 aromatic heterocycles. The van der Waals surface area contributed by atoms with Crippen LogP contribution in [0, 0.1) is 6.92 Å². The molecule has 1 unspecified atom stereocenters. The van der Waals surface area contributed by atoms with E-state index in [1.807, 2.05) is 13.8 Å². The lowest BCUT2D eigenvalue weighted by atomic mass is 10.0.